The van der Waals surface area contributed by atoms with Gasteiger partial charge in [-0.25, -0.2) is 0 Å². The molecule has 2 atom stereocenters. The normalized spacial score (nSPS) is 29.1. The summed E-state index contributed by atoms with van der Waals surface area (Å²) in [6.45, 7) is 4.93. The average molecular weight is 202 g/mol. The molecule has 0 spiro atoms. The molecule has 0 unspecified atom stereocenters. The Kier molecular flexibility index (Phi) is 4.19. The Morgan fingerprint density at radius 1 is 0.857 bits per heavy atom. The van der Waals surface area contributed by atoms with Gasteiger partial charge in [0, 0.05) is 13.2 Å². The molecular formula is C10H18O4. The lowest BCUT2D eigenvalue weighted by molar-refractivity contribution is 0.0885. The Labute approximate surface area is 84.5 Å². The van der Waals surface area contributed by atoms with Crippen LogP contribution in [0.25, 0.3) is 0 Å². The minimum absolute atomic E-state index is 0.387. The van der Waals surface area contributed by atoms with Crippen LogP contribution in [-0.2, 0) is 18.9 Å². The molecule has 0 radical (unpaired) electrons. The van der Waals surface area contributed by atoms with E-state index in [1.165, 1.54) is 0 Å². The number of unbranched alkanes of at least 4 members (excludes halogenated alkanes) is 1. The molecule has 0 N–H and O–H groups in total. The van der Waals surface area contributed by atoms with Crippen LogP contribution in [0.5, 0.6) is 0 Å². The third-order valence-electron chi connectivity index (χ3n) is 2.24. The molecule has 2 rings (SSSR count). The van der Waals surface area contributed by atoms with Crippen molar-refractivity contribution in [3.05, 3.63) is 0 Å². The lowest BCUT2D eigenvalue weighted by Gasteiger charge is -2.03. The maximum Gasteiger partial charge on any atom is 0.104 e. The monoisotopic (exact) mass is 202 g/mol. The highest BCUT2D eigenvalue weighted by atomic mass is 16.6. The van der Waals surface area contributed by atoms with Gasteiger partial charge in [-0.05, 0) is 12.8 Å². The zero-order valence-electron chi connectivity index (χ0n) is 8.44. The second-order valence-corrected chi connectivity index (χ2v) is 3.77. The fraction of sp³-hybridized carbons (Fsp3) is 1.00. The molecule has 2 aliphatic rings. The molecule has 4 nitrogen and oxygen atoms in total. The zero-order chi connectivity index (χ0) is 9.64. The third kappa shape index (κ3) is 4.91. The van der Waals surface area contributed by atoms with E-state index in [-0.39, 0.29) is 0 Å². The lowest BCUT2D eigenvalue weighted by Crippen LogP contribution is -2.05. The fourth-order valence-electron chi connectivity index (χ4n) is 1.17. The van der Waals surface area contributed by atoms with Gasteiger partial charge in [0.05, 0.1) is 26.4 Å². The first-order valence-corrected chi connectivity index (χ1v) is 5.34. The van der Waals surface area contributed by atoms with Gasteiger partial charge in [-0.1, -0.05) is 0 Å². The highest BCUT2D eigenvalue weighted by Gasteiger charge is 2.22. The van der Waals surface area contributed by atoms with Crippen LogP contribution < -0.4 is 0 Å². The van der Waals surface area contributed by atoms with Crippen molar-refractivity contribution in [3.8, 4) is 0 Å². The number of hydrogen-bond acceptors (Lipinski definition) is 4. The SMILES string of the molecule is C(CCOC[C@H]1CO1)COC[C@H]1CO1. The van der Waals surface area contributed by atoms with E-state index in [1.54, 1.807) is 0 Å². The Morgan fingerprint density at radius 2 is 1.29 bits per heavy atom. The van der Waals surface area contributed by atoms with Gasteiger partial charge < -0.3 is 18.9 Å². The topological polar surface area (TPSA) is 43.5 Å². The summed E-state index contributed by atoms with van der Waals surface area (Å²) in [6.07, 6.45) is 2.91. The minimum atomic E-state index is 0.387. The Bertz CT molecular complexity index is 136. The van der Waals surface area contributed by atoms with Crippen LogP contribution in [0.15, 0.2) is 0 Å². The van der Waals surface area contributed by atoms with Crippen LogP contribution >= 0.6 is 0 Å². The summed E-state index contributed by atoms with van der Waals surface area (Å²) in [5.41, 5.74) is 0. The van der Waals surface area contributed by atoms with Gasteiger partial charge in [0.1, 0.15) is 12.2 Å². The predicted molar refractivity (Wildman–Crippen MR) is 50.4 cm³/mol. The van der Waals surface area contributed by atoms with E-state index in [0.29, 0.717) is 12.2 Å². The molecular weight excluding hydrogens is 184 g/mol. The zero-order valence-corrected chi connectivity index (χ0v) is 8.44. The number of hydrogen-bond donors (Lipinski definition) is 0. The molecule has 2 heterocycles. The second kappa shape index (κ2) is 5.66. The van der Waals surface area contributed by atoms with Crippen molar-refractivity contribution in [1.82, 2.24) is 0 Å². The largest absolute Gasteiger partial charge is 0.379 e. The molecule has 2 saturated heterocycles. The summed E-state index contributed by atoms with van der Waals surface area (Å²) in [7, 11) is 0. The molecule has 4 heteroatoms. The first-order valence-electron chi connectivity index (χ1n) is 5.34. The van der Waals surface area contributed by atoms with E-state index in [4.69, 9.17) is 18.9 Å². The van der Waals surface area contributed by atoms with Crippen molar-refractivity contribution >= 4 is 0 Å². The summed E-state index contributed by atoms with van der Waals surface area (Å²) in [6, 6.07) is 0. The van der Waals surface area contributed by atoms with Gasteiger partial charge in [-0.3, -0.25) is 0 Å². The van der Waals surface area contributed by atoms with E-state index in [0.717, 1.165) is 52.5 Å². The first-order chi connectivity index (χ1) is 6.95. The van der Waals surface area contributed by atoms with Gasteiger partial charge in [0.25, 0.3) is 0 Å². The van der Waals surface area contributed by atoms with Crippen LogP contribution in [-0.4, -0.2) is 51.8 Å². The highest BCUT2D eigenvalue weighted by Crippen LogP contribution is 2.09. The molecule has 82 valence electrons. The van der Waals surface area contributed by atoms with E-state index < -0.39 is 0 Å². The van der Waals surface area contributed by atoms with Gasteiger partial charge in [-0.15, -0.1) is 0 Å². The number of epoxide rings is 2. The van der Waals surface area contributed by atoms with E-state index in [2.05, 4.69) is 0 Å². The molecule has 0 aromatic carbocycles. The van der Waals surface area contributed by atoms with Gasteiger partial charge in [0.2, 0.25) is 0 Å². The second-order valence-electron chi connectivity index (χ2n) is 3.77. The smallest absolute Gasteiger partial charge is 0.104 e. The molecule has 0 aromatic rings. The quantitative estimate of drug-likeness (QED) is 0.405. The van der Waals surface area contributed by atoms with Crippen LogP contribution in [0.3, 0.4) is 0 Å². The van der Waals surface area contributed by atoms with Crippen LogP contribution in [0, 0.1) is 0 Å². The molecule has 0 bridgehead atoms. The van der Waals surface area contributed by atoms with Crippen LogP contribution in [0.2, 0.25) is 0 Å². The minimum Gasteiger partial charge on any atom is -0.379 e. The van der Waals surface area contributed by atoms with E-state index in [9.17, 15) is 0 Å². The summed E-state index contributed by atoms with van der Waals surface area (Å²) in [4.78, 5) is 0. The molecule has 2 fully saturated rings. The van der Waals surface area contributed by atoms with Gasteiger partial charge in [-0.2, -0.15) is 0 Å². The third-order valence-corrected chi connectivity index (χ3v) is 2.24. The molecule has 14 heavy (non-hydrogen) atoms. The highest BCUT2D eigenvalue weighted by molar-refractivity contribution is 4.67. The molecule has 0 saturated carbocycles. The molecule has 0 aromatic heterocycles. The van der Waals surface area contributed by atoms with Gasteiger partial charge >= 0.3 is 0 Å². The van der Waals surface area contributed by atoms with Crippen molar-refractivity contribution in [2.45, 2.75) is 25.0 Å². The van der Waals surface area contributed by atoms with Crippen molar-refractivity contribution in [2.24, 2.45) is 0 Å². The maximum absolute atomic E-state index is 5.39. The first kappa shape index (κ1) is 10.4. The van der Waals surface area contributed by atoms with Crippen LogP contribution in [0.4, 0.5) is 0 Å². The van der Waals surface area contributed by atoms with Crippen LogP contribution in [0.1, 0.15) is 12.8 Å². The maximum atomic E-state index is 5.39. The van der Waals surface area contributed by atoms with Crippen molar-refractivity contribution in [1.29, 1.82) is 0 Å². The molecule has 0 amide bonds. The van der Waals surface area contributed by atoms with Gasteiger partial charge in [0.15, 0.2) is 0 Å². The Balaban J connectivity index is 1.25. The van der Waals surface area contributed by atoms with E-state index >= 15 is 0 Å². The lowest BCUT2D eigenvalue weighted by atomic mass is 10.3. The summed E-state index contributed by atoms with van der Waals surface area (Å²) in [5.74, 6) is 0. The van der Waals surface area contributed by atoms with Crippen molar-refractivity contribution < 1.29 is 18.9 Å². The number of ether oxygens (including phenoxy) is 4. The average Bonchev–Trinajstić information content (AvgIpc) is 3.00. The Hall–Kier alpha value is -0.160. The summed E-state index contributed by atoms with van der Waals surface area (Å²) in [5, 5.41) is 0. The van der Waals surface area contributed by atoms with Crippen molar-refractivity contribution in [3.63, 3.8) is 0 Å². The Morgan fingerprint density at radius 3 is 1.64 bits per heavy atom. The predicted octanol–water partition coefficient (Wildman–Crippen LogP) is 0.597. The fourth-order valence-corrected chi connectivity index (χ4v) is 1.17. The van der Waals surface area contributed by atoms with E-state index in [1.807, 2.05) is 0 Å². The van der Waals surface area contributed by atoms with Crippen molar-refractivity contribution in [2.75, 3.05) is 39.6 Å². The molecule has 2 aliphatic heterocycles. The summed E-state index contributed by atoms with van der Waals surface area (Å²) < 4.78 is 20.8. The summed E-state index contributed by atoms with van der Waals surface area (Å²) >= 11 is 0. The number of rotatable bonds is 9. The molecule has 0 aliphatic carbocycles. The standard InChI is InChI=1S/C10H18O4/c1(3-11-5-9-7-13-9)2-4-12-6-10-8-14-10/h9-10H,1-8H2/t9-,10-/m0/s1.